The van der Waals surface area contributed by atoms with Gasteiger partial charge in [0.15, 0.2) is 0 Å². The van der Waals surface area contributed by atoms with Gasteiger partial charge in [0.2, 0.25) is 0 Å². The molecule has 5 heteroatoms. The van der Waals surface area contributed by atoms with Gasteiger partial charge in [-0.3, -0.25) is 4.90 Å². The Labute approximate surface area is 109 Å². The fraction of sp³-hybridized carbons (Fsp3) is 0.846. The minimum absolute atomic E-state index is 0.0139. The molecule has 0 rings (SSSR count). The molecule has 0 saturated heterocycles. The van der Waals surface area contributed by atoms with Crippen molar-refractivity contribution >= 4 is 12.1 Å². The summed E-state index contributed by atoms with van der Waals surface area (Å²) >= 11 is 0. The van der Waals surface area contributed by atoms with Crippen LogP contribution in [0.15, 0.2) is 0 Å². The first-order valence-electron chi connectivity index (χ1n) is 6.59. The van der Waals surface area contributed by atoms with Crippen molar-refractivity contribution in [2.24, 2.45) is 5.92 Å². The Hall–Kier alpha value is -1.26. The van der Waals surface area contributed by atoms with Gasteiger partial charge >= 0.3 is 12.1 Å². The van der Waals surface area contributed by atoms with Crippen molar-refractivity contribution in [2.45, 2.75) is 47.1 Å². The Bertz CT molecular complexity index is 266. The summed E-state index contributed by atoms with van der Waals surface area (Å²) in [7, 11) is 0. The Balaban J connectivity index is 4.97. The molecular formula is C13H25NO4. The van der Waals surface area contributed by atoms with Crippen LogP contribution in [0.4, 0.5) is 4.79 Å². The van der Waals surface area contributed by atoms with E-state index in [1.54, 1.807) is 13.8 Å². The van der Waals surface area contributed by atoms with E-state index in [4.69, 9.17) is 9.47 Å². The molecule has 1 amide bonds. The van der Waals surface area contributed by atoms with Crippen molar-refractivity contribution < 1.29 is 19.1 Å². The maximum atomic E-state index is 11.9. The van der Waals surface area contributed by atoms with Gasteiger partial charge in [-0.05, 0) is 26.2 Å². The molecule has 0 bridgehead atoms. The van der Waals surface area contributed by atoms with Gasteiger partial charge in [-0.1, -0.05) is 20.8 Å². The van der Waals surface area contributed by atoms with E-state index in [1.807, 2.05) is 20.8 Å². The molecule has 0 fully saturated rings. The van der Waals surface area contributed by atoms with Crippen LogP contribution in [0.3, 0.4) is 0 Å². The molecule has 0 spiro atoms. The maximum absolute atomic E-state index is 11.9. The normalized spacial score (nSPS) is 12.1. The average molecular weight is 259 g/mol. The molecule has 0 radical (unpaired) electrons. The van der Waals surface area contributed by atoms with Crippen LogP contribution in [-0.2, 0) is 14.3 Å². The summed E-state index contributed by atoms with van der Waals surface area (Å²) < 4.78 is 10.0. The van der Waals surface area contributed by atoms with E-state index in [1.165, 1.54) is 4.90 Å². The van der Waals surface area contributed by atoms with Crippen molar-refractivity contribution in [3.05, 3.63) is 0 Å². The molecule has 0 aliphatic carbocycles. The Morgan fingerprint density at radius 2 is 1.61 bits per heavy atom. The van der Waals surface area contributed by atoms with E-state index < -0.39 is 12.1 Å². The number of esters is 1. The fourth-order valence-electron chi connectivity index (χ4n) is 1.78. The molecule has 0 aromatic carbocycles. The van der Waals surface area contributed by atoms with Gasteiger partial charge in [-0.25, -0.2) is 9.59 Å². The van der Waals surface area contributed by atoms with E-state index in [2.05, 4.69) is 0 Å². The number of carbonyl (C=O) groups excluding carboxylic acids is 2. The van der Waals surface area contributed by atoms with Gasteiger partial charge in [0.1, 0.15) is 6.04 Å². The van der Waals surface area contributed by atoms with E-state index in [0.29, 0.717) is 19.8 Å². The highest BCUT2D eigenvalue weighted by Gasteiger charge is 2.33. The van der Waals surface area contributed by atoms with Crippen LogP contribution in [0, 0.1) is 5.92 Å². The molecule has 0 aliphatic rings. The zero-order valence-electron chi connectivity index (χ0n) is 12.1. The SMILES string of the molecule is CCCN(C(=O)OCC)[C@H](C(=O)OCC)C(C)C. The second kappa shape index (κ2) is 8.78. The minimum Gasteiger partial charge on any atom is -0.464 e. The van der Waals surface area contributed by atoms with Crippen molar-refractivity contribution in [1.82, 2.24) is 4.90 Å². The van der Waals surface area contributed by atoms with Gasteiger partial charge in [-0.15, -0.1) is 0 Å². The van der Waals surface area contributed by atoms with Crippen molar-refractivity contribution in [2.75, 3.05) is 19.8 Å². The van der Waals surface area contributed by atoms with Crippen molar-refractivity contribution in [1.29, 1.82) is 0 Å². The summed E-state index contributed by atoms with van der Waals surface area (Å²) in [6.07, 6.45) is 0.313. The number of hydrogen-bond acceptors (Lipinski definition) is 4. The molecule has 0 N–H and O–H groups in total. The van der Waals surface area contributed by atoms with Crippen molar-refractivity contribution in [3.63, 3.8) is 0 Å². The number of carbonyl (C=O) groups is 2. The third-order valence-corrected chi connectivity index (χ3v) is 2.46. The highest BCUT2D eigenvalue weighted by molar-refractivity contribution is 5.81. The monoisotopic (exact) mass is 259 g/mol. The van der Waals surface area contributed by atoms with Crippen LogP contribution < -0.4 is 0 Å². The molecule has 0 aromatic rings. The van der Waals surface area contributed by atoms with E-state index in [0.717, 1.165) is 6.42 Å². The summed E-state index contributed by atoms with van der Waals surface area (Å²) in [5.74, 6) is -0.381. The molecule has 0 saturated carbocycles. The number of rotatable bonds is 7. The highest BCUT2D eigenvalue weighted by atomic mass is 16.6. The fourth-order valence-corrected chi connectivity index (χ4v) is 1.78. The van der Waals surface area contributed by atoms with E-state index in [9.17, 15) is 9.59 Å². The molecule has 106 valence electrons. The predicted molar refractivity (Wildman–Crippen MR) is 69.3 cm³/mol. The van der Waals surface area contributed by atoms with Gasteiger partial charge in [0.05, 0.1) is 13.2 Å². The summed E-state index contributed by atoms with van der Waals surface area (Å²) in [5.41, 5.74) is 0. The first kappa shape index (κ1) is 16.7. The Kier molecular flexibility index (Phi) is 8.16. The number of amides is 1. The standard InChI is InChI=1S/C13H25NO4/c1-6-9-14(13(16)18-8-3)11(10(4)5)12(15)17-7-2/h10-11H,6-9H2,1-5H3/t11-/m0/s1. The summed E-state index contributed by atoms with van der Waals surface area (Å²) in [4.78, 5) is 25.3. The maximum Gasteiger partial charge on any atom is 0.410 e. The second-order valence-electron chi connectivity index (χ2n) is 4.33. The molecule has 1 atom stereocenters. The van der Waals surface area contributed by atoms with E-state index in [-0.39, 0.29) is 11.9 Å². The molecule has 0 unspecified atom stereocenters. The largest absolute Gasteiger partial charge is 0.464 e. The second-order valence-corrected chi connectivity index (χ2v) is 4.33. The van der Waals surface area contributed by atoms with Crippen LogP contribution in [0.1, 0.15) is 41.0 Å². The van der Waals surface area contributed by atoms with E-state index >= 15 is 0 Å². The Morgan fingerprint density at radius 1 is 1.06 bits per heavy atom. The number of ether oxygens (including phenoxy) is 2. The summed E-state index contributed by atoms with van der Waals surface area (Å²) in [6.45, 7) is 10.3. The molecule has 0 aromatic heterocycles. The molecule has 0 heterocycles. The lowest BCUT2D eigenvalue weighted by atomic mass is 10.0. The lowest BCUT2D eigenvalue weighted by Gasteiger charge is -2.31. The van der Waals surface area contributed by atoms with Crippen LogP contribution in [0.2, 0.25) is 0 Å². The molecule has 5 nitrogen and oxygen atoms in total. The quantitative estimate of drug-likeness (QED) is 0.659. The number of nitrogens with zero attached hydrogens (tertiary/aromatic N) is 1. The smallest absolute Gasteiger partial charge is 0.410 e. The first-order valence-corrected chi connectivity index (χ1v) is 6.59. The van der Waals surface area contributed by atoms with Crippen LogP contribution >= 0.6 is 0 Å². The van der Waals surface area contributed by atoms with Crippen LogP contribution in [-0.4, -0.2) is 42.8 Å². The van der Waals surface area contributed by atoms with Crippen molar-refractivity contribution in [3.8, 4) is 0 Å². The minimum atomic E-state index is -0.580. The lowest BCUT2D eigenvalue weighted by Crippen LogP contribution is -2.49. The first-order chi connectivity index (χ1) is 8.49. The topological polar surface area (TPSA) is 55.8 Å². The van der Waals surface area contributed by atoms with Gasteiger partial charge < -0.3 is 9.47 Å². The van der Waals surface area contributed by atoms with Gasteiger partial charge in [-0.2, -0.15) is 0 Å². The molecular weight excluding hydrogens is 234 g/mol. The lowest BCUT2D eigenvalue weighted by molar-refractivity contribution is -0.150. The third kappa shape index (κ3) is 4.94. The zero-order chi connectivity index (χ0) is 14.1. The average Bonchev–Trinajstić information content (AvgIpc) is 2.28. The molecule has 0 aliphatic heterocycles. The highest BCUT2D eigenvalue weighted by Crippen LogP contribution is 2.15. The van der Waals surface area contributed by atoms with Crippen LogP contribution in [0.25, 0.3) is 0 Å². The molecule has 18 heavy (non-hydrogen) atoms. The zero-order valence-corrected chi connectivity index (χ0v) is 12.1. The van der Waals surface area contributed by atoms with Gasteiger partial charge in [0, 0.05) is 6.54 Å². The Morgan fingerprint density at radius 3 is 2.00 bits per heavy atom. The summed E-state index contributed by atoms with van der Waals surface area (Å²) in [6, 6.07) is -0.580. The number of hydrogen-bond donors (Lipinski definition) is 0. The van der Waals surface area contributed by atoms with Gasteiger partial charge in [0.25, 0.3) is 0 Å². The van der Waals surface area contributed by atoms with Crippen LogP contribution in [0.5, 0.6) is 0 Å². The summed E-state index contributed by atoms with van der Waals surface area (Å²) in [5, 5.41) is 0. The third-order valence-electron chi connectivity index (χ3n) is 2.46. The predicted octanol–water partition coefficient (Wildman–Crippen LogP) is 2.44.